The summed E-state index contributed by atoms with van der Waals surface area (Å²) in [4.78, 5) is 16.2. The fraction of sp³-hybridized carbons (Fsp3) is 0.348. The van der Waals surface area contributed by atoms with Crippen LogP contribution in [-0.2, 0) is 17.6 Å². The molecule has 3 aromatic rings. The molecule has 0 bridgehead atoms. The zero-order valence-corrected chi connectivity index (χ0v) is 16.8. The predicted molar refractivity (Wildman–Crippen MR) is 112 cm³/mol. The molecule has 29 heavy (non-hydrogen) atoms. The van der Waals surface area contributed by atoms with Crippen molar-refractivity contribution < 1.29 is 19.0 Å². The molecule has 2 aromatic carbocycles. The van der Waals surface area contributed by atoms with Gasteiger partial charge in [-0.3, -0.25) is 4.79 Å². The van der Waals surface area contributed by atoms with Crippen LogP contribution in [-0.4, -0.2) is 38.3 Å². The number of hydrogen-bond donors (Lipinski definition) is 2. The fourth-order valence-corrected chi connectivity index (χ4v) is 3.91. The third-order valence-corrected chi connectivity index (χ3v) is 5.50. The van der Waals surface area contributed by atoms with Crippen molar-refractivity contribution in [2.24, 2.45) is 5.92 Å². The average molecular weight is 394 g/mol. The molecule has 6 nitrogen and oxygen atoms in total. The first-order chi connectivity index (χ1) is 14.2. The van der Waals surface area contributed by atoms with Crippen LogP contribution >= 0.6 is 0 Å². The molecule has 6 heteroatoms. The molecule has 0 saturated heterocycles. The predicted octanol–water partition coefficient (Wildman–Crippen LogP) is 3.49. The van der Waals surface area contributed by atoms with Gasteiger partial charge in [0.05, 0.1) is 20.8 Å². The maximum atomic E-state index is 12.7. The number of H-pyrrole nitrogens is 1. The van der Waals surface area contributed by atoms with Gasteiger partial charge in [0.2, 0.25) is 5.91 Å². The van der Waals surface area contributed by atoms with Gasteiger partial charge in [-0.1, -0.05) is 0 Å². The third-order valence-electron chi connectivity index (χ3n) is 5.50. The first-order valence-electron chi connectivity index (χ1n) is 9.90. The molecule has 1 aromatic heterocycles. The van der Waals surface area contributed by atoms with E-state index in [0.29, 0.717) is 13.2 Å². The highest BCUT2D eigenvalue weighted by Gasteiger charge is 2.27. The number of aromatic amines is 1. The van der Waals surface area contributed by atoms with Crippen molar-refractivity contribution in [3.8, 4) is 17.2 Å². The van der Waals surface area contributed by atoms with Crippen molar-refractivity contribution in [3.05, 3.63) is 53.7 Å². The molecule has 1 aliphatic carbocycles. The first kappa shape index (κ1) is 19.2. The van der Waals surface area contributed by atoms with E-state index in [2.05, 4.69) is 10.3 Å². The maximum absolute atomic E-state index is 12.7. The second kappa shape index (κ2) is 8.47. The quantitative estimate of drug-likeness (QED) is 0.602. The van der Waals surface area contributed by atoms with Crippen molar-refractivity contribution in [2.45, 2.75) is 19.3 Å². The number of aromatic nitrogens is 1. The van der Waals surface area contributed by atoms with E-state index in [-0.39, 0.29) is 11.8 Å². The Hall–Kier alpha value is -3.15. The normalized spacial score (nSPS) is 15.6. The molecule has 1 heterocycles. The van der Waals surface area contributed by atoms with E-state index in [1.165, 1.54) is 11.3 Å². The van der Waals surface area contributed by atoms with Crippen LogP contribution in [0.1, 0.15) is 17.7 Å². The number of aryl methyl sites for hydroxylation is 1. The number of carbonyl (C=O) groups is 1. The molecular weight excluding hydrogens is 368 g/mol. The van der Waals surface area contributed by atoms with Crippen LogP contribution in [0.25, 0.3) is 10.9 Å². The second-order valence-corrected chi connectivity index (χ2v) is 7.25. The van der Waals surface area contributed by atoms with Crippen molar-refractivity contribution >= 4 is 16.8 Å². The smallest absolute Gasteiger partial charge is 0.223 e. The average Bonchev–Trinajstić information content (AvgIpc) is 3.14. The Kier molecular flexibility index (Phi) is 5.60. The lowest BCUT2D eigenvalue weighted by Gasteiger charge is -2.22. The summed E-state index contributed by atoms with van der Waals surface area (Å²) in [6.45, 7) is 0.913. The molecule has 0 fully saturated rings. The van der Waals surface area contributed by atoms with Crippen LogP contribution in [0.2, 0.25) is 0 Å². The molecule has 0 aliphatic heterocycles. The number of hydrogen-bond acceptors (Lipinski definition) is 4. The summed E-state index contributed by atoms with van der Waals surface area (Å²) in [5, 5.41) is 4.17. The summed E-state index contributed by atoms with van der Waals surface area (Å²) in [7, 11) is 3.30. The number of fused-ring (bicyclic) bond motifs is 3. The zero-order chi connectivity index (χ0) is 20.2. The Labute approximate surface area is 170 Å². The lowest BCUT2D eigenvalue weighted by atomic mass is 9.86. The minimum atomic E-state index is -0.0197. The topological polar surface area (TPSA) is 72.6 Å². The molecule has 2 N–H and O–H groups in total. The Morgan fingerprint density at radius 1 is 1.07 bits per heavy atom. The van der Waals surface area contributed by atoms with Gasteiger partial charge in [-0.15, -0.1) is 0 Å². The number of carbonyl (C=O) groups excluding carboxylic acids is 1. The van der Waals surface area contributed by atoms with Crippen LogP contribution in [0, 0.1) is 5.92 Å². The van der Waals surface area contributed by atoms with Gasteiger partial charge in [-0.25, -0.2) is 0 Å². The van der Waals surface area contributed by atoms with Gasteiger partial charge < -0.3 is 24.5 Å². The molecule has 1 unspecified atom stereocenters. The summed E-state index contributed by atoms with van der Waals surface area (Å²) in [5.74, 6) is 2.45. The number of benzene rings is 2. The minimum Gasteiger partial charge on any atom is -0.497 e. The lowest BCUT2D eigenvalue weighted by Crippen LogP contribution is -2.36. The summed E-state index contributed by atoms with van der Waals surface area (Å²) >= 11 is 0. The van der Waals surface area contributed by atoms with Gasteiger partial charge in [0, 0.05) is 22.5 Å². The van der Waals surface area contributed by atoms with Crippen molar-refractivity contribution in [3.63, 3.8) is 0 Å². The van der Waals surface area contributed by atoms with E-state index < -0.39 is 0 Å². The highest BCUT2D eigenvalue weighted by atomic mass is 16.5. The standard InChI is InChI=1S/C23H26N2O4/c1-27-16-4-6-17(7-5-16)29-12-11-24-23(26)15-3-9-21-19(13-15)20-14-18(28-2)8-10-22(20)25-21/h4-8,10,14-15,25H,3,9,11-13H2,1-2H3,(H,24,26). The Morgan fingerprint density at radius 3 is 2.55 bits per heavy atom. The number of ether oxygens (including phenoxy) is 3. The Morgan fingerprint density at radius 2 is 1.79 bits per heavy atom. The number of nitrogens with one attached hydrogen (secondary N) is 2. The van der Waals surface area contributed by atoms with E-state index >= 15 is 0 Å². The summed E-state index contributed by atoms with van der Waals surface area (Å²) in [6.07, 6.45) is 2.47. The van der Waals surface area contributed by atoms with Crippen LogP contribution < -0.4 is 19.5 Å². The van der Waals surface area contributed by atoms with Crippen LogP contribution in [0.5, 0.6) is 17.2 Å². The molecule has 1 atom stereocenters. The number of rotatable bonds is 7. The number of methoxy groups -OCH3 is 2. The monoisotopic (exact) mass is 394 g/mol. The van der Waals surface area contributed by atoms with E-state index in [0.717, 1.165) is 47.4 Å². The highest BCUT2D eigenvalue weighted by Crippen LogP contribution is 2.33. The van der Waals surface area contributed by atoms with Crippen LogP contribution in [0.3, 0.4) is 0 Å². The van der Waals surface area contributed by atoms with Gasteiger partial charge in [0.1, 0.15) is 23.9 Å². The second-order valence-electron chi connectivity index (χ2n) is 7.25. The first-order valence-corrected chi connectivity index (χ1v) is 9.90. The molecular formula is C23H26N2O4. The van der Waals surface area contributed by atoms with Gasteiger partial charge in [-0.05, 0) is 67.3 Å². The van der Waals surface area contributed by atoms with E-state index in [4.69, 9.17) is 14.2 Å². The van der Waals surface area contributed by atoms with Crippen molar-refractivity contribution in [1.29, 1.82) is 0 Å². The molecule has 4 rings (SSSR count). The third kappa shape index (κ3) is 4.16. The maximum Gasteiger partial charge on any atom is 0.223 e. The van der Waals surface area contributed by atoms with E-state index in [1.807, 2.05) is 42.5 Å². The van der Waals surface area contributed by atoms with Gasteiger partial charge >= 0.3 is 0 Å². The SMILES string of the molecule is COc1ccc(OCCNC(=O)C2CCc3[nH]c4ccc(OC)cc4c3C2)cc1. The van der Waals surface area contributed by atoms with E-state index in [9.17, 15) is 4.79 Å². The molecule has 0 spiro atoms. The minimum absolute atomic E-state index is 0.0197. The van der Waals surface area contributed by atoms with Crippen LogP contribution in [0.15, 0.2) is 42.5 Å². The largest absolute Gasteiger partial charge is 0.497 e. The summed E-state index contributed by atoms with van der Waals surface area (Å²) in [6, 6.07) is 13.5. The lowest BCUT2D eigenvalue weighted by molar-refractivity contribution is -0.125. The summed E-state index contributed by atoms with van der Waals surface area (Å²) in [5.41, 5.74) is 3.57. The zero-order valence-electron chi connectivity index (χ0n) is 16.8. The van der Waals surface area contributed by atoms with Gasteiger partial charge in [0.15, 0.2) is 0 Å². The van der Waals surface area contributed by atoms with Gasteiger partial charge in [0.25, 0.3) is 0 Å². The van der Waals surface area contributed by atoms with Crippen LogP contribution in [0.4, 0.5) is 0 Å². The van der Waals surface area contributed by atoms with E-state index in [1.54, 1.807) is 14.2 Å². The molecule has 152 valence electrons. The molecule has 0 radical (unpaired) electrons. The summed E-state index contributed by atoms with van der Waals surface area (Å²) < 4.78 is 16.2. The Balaban J connectivity index is 1.32. The molecule has 0 saturated carbocycles. The molecule has 1 amide bonds. The molecule has 1 aliphatic rings. The number of amides is 1. The van der Waals surface area contributed by atoms with Gasteiger partial charge in [-0.2, -0.15) is 0 Å². The van der Waals surface area contributed by atoms with Crippen molar-refractivity contribution in [1.82, 2.24) is 10.3 Å². The fourth-order valence-electron chi connectivity index (χ4n) is 3.91. The van der Waals surface area contributed by atoms with Crippen molar-refractivity contribution in [2.75, 3.05) is 27.4 Å². The Bertz CT molecular complexity index is 994. The highest BCUT2D eigenvalue weighted by molar-refractivity contribution is 5.88.